The smallest absolute Gasteiger partial charge is 0.164 e. The average Bonchev–Trinajstić information content (AvgIpc) is 3.77. The highest BCUT2D eigenvalue weighted by Gasteiger charge is 2.21. The molecule has 11 aromatic rings. The zero-order valence-corrected chi connectivity index (χ0v) is 28.7. The van der Waals surface area contributed by atoms with Crippen LogP contribution in [0, 0.1) is 0 Å². The lowest BCUT2D eigenvalue weighted by Gasteiger charge is -2.13. The highest BCUT2D eigenvalue weighted by molar-refractivity contribution is 7.27. The van der Waals surface area contributed by atoms with E-state index in [0.29, 0.717) is 17.5 Å². The minimum absolute atomic E-state index is 0.641. The minimum Gasteiger partial charge on any atom is -0.309 e. The van der Waals surface area contributed by atoms with Gasteiger partial charge in [0.25, 0.3) is 0 Å². The predicted molar refractivity (Wildman–Crippen MR) is 218 cm³/mol. The monoisotopic (exact) mass is 680 g/mol. The summed E-state index contributed by atoms with van der Waals surface area (Å²) in [4.78, 5) is 15.8. The number of hydrogen-bond acceptors (Lipinski definition) is 4. The Morgan fingerprint density at radius 2 is 1.04 bits per heavy atom. The van der Waals surface area contributed by atoms with Gasteiger partial charge in [-0.1, -0.05) is 133 Å². The van der Waals surface area contributed by atoms with E-state index in [1.165, 1.54) is 52.5 Å². The fraction of sp³-hybridized carbons (Fsp3) is 0. The van der Waals surface area contributed by atoms with E-state index >= 15 is 0 Å². The van der Waals surface area contributed by atoms with Crippen LogP contribution >= 0.6 is 11.3 Å². The summed E-state index contributed by atoms with van der Waals surface area (Å²) in [5.74, 6) is 1.95. The number of benzene rings is 8. The van der Waals surface area contributed by atoms with Gasteiger partial charge in [0, 0.05) is 58.7 Å². The summed E-state index contributed by atoms with van der Waals surface area (Å²) in [6.45, 7) is 0. The van der Waals surface area contributed by atoms with Crippen molar-refractivity contribution in [2.45, 2.75) is 0 Å². The lowest BCUT2D eigenvalue weighted by atomic mass is 9.96. The van der Waals surface area contributed by atoms with Crippen molar-refractivity contribution < 1.29 is 0 Å². The highest BCUT2D eigenvalue weighted by atomic mass is 32.1. The van der Waals surface area contributed by atoms with Crippen molar-refractivity contribution >= 4 is 74.9 Å². The molecule has 0 saturated heterocycles. The molecule has 8 aromatic carbocycles. The van der Waals surface area contributed by atoms with Gasteiger partial charge in [0.1, 0.15) is 0 Å². The number of hydrogen-bond donors (Lipinski definition) is 0. The van der Waals surface area contributed by atoms with Gasteiger partial charge in [0.05, 0.1) is 11.0 Å². The first kappa shape index (κ1) is 29.1. The Morgan fingerprint density at radius 3 is 1.88 bits per heavy atom. The SMILES string of the molecule is c1ccc(-c2nc(-c3ccc4c5ccccc5n(-c5ccccc5)c4c3)nc(-c3cc4ccc5ccccc5c4c4sc5ccccc5c34)n2)cc1. The van der Waals surface area contributed by atoms with Gasteiger partial charge >= 0.3 is 0 Å². The van der Waals surface area contributed by atoms with E-state index in [0.717, 1.165) is 33.4 Å². The summed E-state index contributed by atoms with van der Waals surface area (Å²) in [6.07, 6.45) is 0. The molecule has 3 aromatic heterocycles. The normalized spacial score (nSPS) is 11.8. The van der Waals surface area contributed by atoms with Crippen LogP contribution in [0.2, 0.25) is 0 Å². The van der Waals surface area contributed by atoms with Gasteiger partial charge in [-0.05, 0) is 52.6 Å². The Hall–Kier alpha value is -6.69. The fourth-order valence-electron chi connectivity index (χ4n) is 7.86. The molecule has 0 aliphatic rings. The third-order valence-electron chi connectivity index (χ3n) is 10.2. The van der Waals surface area contributed by atoms with E-state index in [1.54, 1.807) is 0 Å². The van der Waals surface area contributed by atoms with E-state index in [4.69, 9.17) is 15.0 Å². The van der Waals surface area contributed by atoms with Gasteiger partial charge in [-0.2, -0.15) is 0 Å². The molecule has 3 heterocycles. The average molecular weight is 681 g/mol. The van der Waals surface area contributed by atoms with Gasteiger partial charge in [0.2, 0.25) is 0 Å². The lowest BCUT2D eigenvalue weighted by molar-refractivity contribution is 1.08. The van der Waals surface area contributed by atoms with E-state index in [-0.39, 0.29) is 0 Å². The van der Waals surface area contributed by atoms with Gasteiger partial charge in [-0.3, -0.25) is 0 Å². The number of fused-ring (bicyclic) bond motifs is 10. The Balaban J connectivity index is 1.22. The number of aromatic nitrogens is 4. The Kier molecular flexibility index (Phi) is 6.39. The molecular weight excluding hydrogens is 653 g/mol. The van der Waals surface area contributed by atoms with Crippen LogP contribution in [0.25, 0.3) is 103 Å². The fourth-order valence-corrected chi connectivity index (χ4v) is 9.16. The molecule has 0 atom stereocenters. The third-order valence-corrected chi connectivity index (χ3v) is 11.4. The first-order valence-electron chi connectivity index (χ1n) is 17.5. The second-order valence-corrected chi connectivity index (χ2v) is 14.3. The number of nitrogens with zero attached hydrogens (tertiary/aromatic N) is 4. The summed E-state index contributed by atoms with van der Waals surface area (Å²) in [6, 6.07) is 60.1. The zero-order valence-electron chi connectivity index (χ0n) is 27.9. The Labute approximate surface area is 302 Å². The van der Waals surface area contributed by atoms with E-state index < -0.39 is 0 Å². The Bertz CT molecular complexity index is 3180. The molecule has 0 saturated carbocycles. The van der Waals surface area contributed by atoms with Gasteiger partial charge in [-0.25, -0.2) is 15.0 Å². The Morgan fingerprint density at radius 1 is 0.404 bits per heavy atom. The van der Waals surface area contributed by atoms with E-state index in [2.05, 4.69) is 156 Å². The maximum atomic E-state index is 5.34. The van der Waals surface area contributed by atoms with Crippen molar-refractivity contribution in [2.24, 2.45) is 0 Å². The minimum atomic E-state index is 0.641. The molecule has 0 amide bonds. The summed E-state index contributed by atoms with van der Waals surface area (Å²) < 4.78 is 4.83. The maximum absolute atomic E-state index is 5.34. The van der Waals surface area contributed by atoms with Crippen molar-refractivity contribution in [3.8, 4) is 39.9 Å². The predicted octanol–water partition coefficient (Wildman–Crippen LogP) is 12.6. The van der Waals surface area contributed by atoms with Crippen LogP contribution in [0.5, 0.6) is 0 Å². The van der Waals surface area contributed by atoms with Crippen molar-refractivity contribution in [1.82, 2.24) is 19.5 Å². The first-order chi connectivity index (χ1) is 25.8. The molecule has 11 rings (SSSR count). The number of para-hydroxylation sites is 2. The molecule has 0 aliphatic heterocycles. The standard InChI is InChI=1S/C47H28N4S/c1-3-14-30(15-4-1)45-48-46(32-25-26-36-35-19-9-11-21-39(35)51(40(36)28-32)33-16-5-2-6-17-33)50-47(49-45)38-27-31-24-23-29-13-7-8-18-34(29)42(31)44-43(38)37-20-10-12-22-41(37)52-44/h1-28H. The van der Waals surface area contributed by atoms with Crippen molar-refractivity contribution in [1.29, 1.82) is 0 Å². The summed E-state index contributed by atoms with van der Waals surface area (Å²) >= 11 is 1.84. The molecule has 0 radical (unpaired) electrons. The molecule has 242 valence electrons. The van der Waals surface area contributed by atoms with Crippen LogP contribution in [-0.2, 0) is 0 Å². The topological polar surface area (TPSA) is 43.6 Å². The van der Waals surface area contributed by atoms with Crippen LogP contribution < -0.4 is 0 Å². The molecule has 0 fully saturated rings. The van der Waals surface area contributed by atoms with Crippen molar-refractivity contribution in [3.63, 3.8) is 0 Å². The molecule has 52 heavy (non-hydrogen) atoms. The quantitative estimate of drug-likeness (QED) is 0.174. The largest absolute Gasteiger partial charge is 0.309 e. The van der Waals surface area contributed by atoms with Gasteiger partial charge in [0.15, 0.2) is 17.5 Å². The maximum Gasteiger partial charge on any atom is 0.164 e. The van der Waals surface area contributed by atoms with Gasteiger partial charge < -0.3 is 4.57 Å². The zero-order chi connectivity index (χ0) is 34.2. The second-order valence-electron chi connectivity index (χ2n) is 13.2. The third kappa shape index (κ3) is 4.43. The molecule has 5 heteroatoms. The van der Waals surface area contributed by atoms with Crippen LogP contribution in [0.15, 0.2) is 170 Å². The molecule has 0 unspecified atom stereocenters. The van der Waals surface area contributed by atoms with Crippen LogP contribution in [-0.4, -0.2) is 19.5 Å². The summed E-state index contributed by atoms with van der Waals surface area (Å²) in [7, 11) is 0. The van der Waals surface area contributed by atoms with Crippen molar-refractivity contribution in [3.05, 3.63) is 170 Å². The molecule has 0 aliphatic carbocycles. The molecule has 0 bridgehead atoms. The van der Waals surface area contributed by atoms with Crippen LogP contribution in [0.4, 0.5) is 0 Å². The number of thiophene rings is 1. The molecule has 0 spiro atoms. The highest BCUT2D eigenvalue weighted by Crippen LogP contribution is 2.46. The van der Waals surface area contributed by atoms with Crippen LogP contribution in [0.3, 0.4) is 0 Å². The molecule has 4 nitrogen and oxygen atoms in total. The van der Waals surface area contributed by atoms with Gasteiger partial charge in [-0.15, -0.1) is 11.3 Å². The molecule has 0 N–H and O–H groups in total. The molecular formula is C47H28N4S. The number of rotatable bonds is 4. The van der Waals surface area contributed by atoms with E-state index in [1.807, 2.05) is 29.5 Å². The first-order valence-corrected chi connectivity index (χ1v) is 18.3. The summed E-state index contributed by atoms with van der Waals surface area (Å²) in [5.41, 5.74) is 6.28. The van der Waals surface area contributed by atoms with Crippen LogP contribution in [0.1, 0.15) is 0 Å². The van der Waals surface area contributed by atoms with Crippen molar-refractivity contribution in [2.75, 3.05) is 0 Å². The summed E-state index contributed by atoms with van der Waals surface area (Å²) in [5, 5.41) is 9.73. The lowest BCUT2D eigenvalue weighted by Crippen LogP contribution is -2.01. The van der Waals surface area contributed by atoms with E-state index in [9.17, 15) is 0 Å². The second kappa shape index (κ2) is 11.4.